The van der Waals surface area contributed by atoms with Crippen LogP contribution in [0.5, 0.6) is 0 Å². The van der Waals surface area contributed by atoms with Gasteiger partial charge in [-0.25, -0.2) is 4.98 Å². The molecule has 2 N–H and O–H groups in total. The van der Waals surface area contributed by atoms with E-state index in [-0.39, 0.29) is 0 Å². The van der Waals surface area contributed by atoms with Gasteiger partial charge in [-0.1, -0.05) is 11.3 Å². The summed E-state index contributed by atoms with van der Waals surface area (Å²) in [6.45, 7) is 1.93. The first kappa shape index (κ1) is 11.2. The van der Waals surface area contributed by atoms with Crippen LogP contribution in [0, 0.1) is 6.92 Å². The summed E-state index contributed by atoms with van der Waals surface area (Å²) in [6, 6.07) is 0. The van der Waals surface area contributed by atoms with Crippen molar-refractivity contribution >= 4 is 27.8 Å². The first-order valence-electron chi connectivity index (χ1n) is 5.07. The van der Waals surface area contributed by atoms with Crippen LogP contribution in [0.25, 0.3) is 20.6 Å². The van der Waals surface area contributed by atoms with Crippen molar-refractivity contribution < 1.29 is 0 Å². The lowest BCUT2D eigenvalue weighted by molar-refractivity contribution is 1.10. The van der Waals surface area contributed by atoms with E-state index in [1.54, 1.807) is 18.6 Å². The Labute approximate surface area is 111 Å². The lowest BCUT2D eigenvalue weighted by Gasteiger charge is -1.90. The number of hydrogen-bond acceptors (Lipinski definition) is 8. The fourth-order valence-electron chi connectivity index (χ4n) is 1.44. The predicted molar refractivity (Wildman–Crippen MR) is 71.2 cm³/mol. The minimum Gasteiger partial charge on any atom is -0.374 e. The first-order chi connectivity index (χ1) is 8.74. The van der Waals surface area contributed by atoms with Crippen LogP contribution in [0.2, 0.25) is 0 Å². The van der Waals surface area contributed by atoms with Gasteiger partial charge in [-0.3, -0.25) is 9.97 Å². The van der Waals surface area contributed by atoms with Gasteiger partial charge in [0.1, 0.15) is 10.7 Å². The highest BCUT2D eigenvalue weighted by atomic mass is 32.1. The summed E-state index contributed by atoms with van der Waals surface area (Å²) < 4.78 is 0. The van der Waals surface area contributed by atoms with E-state index in [0.717, 1.165) is 26.3 Å². The molecule has 0 radical (unpaired) electrons. The van der Waals surface area contributed by atoms with Gasteiger partial charge < -0.3 is 5.73 Å². The molecule has 8 heteroatoms. The van der Waals surface area contributed by atoms with E-state index in [0.29, 0.717) is 5.13 Å². The monoisotopic (exact) mass is 276 g/mol. The van der Waals surface area contributed by atoms with Gasteiger partial charge in [-0.05, 0) is 6.92 Å². The van der Waals surface area contributed by atoms with Crippen LogP contribution < -0.4 is 5.73 Å². The molecule has 90 valence electrons. The molecule has 0 aliphatic heterocycles. The molecule has 3 aromatic rings. The SMILES string of the molecule is Cc1nc(-c2cnccn2)sc1-c1nnc(N)s1. The third kappa shape index (κ3) is 1.95. The average Bonchev–Trinajstić information content (AvgIpc) is 2.97. The molecule has 0 aliphatic rings. The molecule has 18 heavy (non-hydrogen) atoms. The van der Waals surface area contributed by atoms with Crippen LogP contribution >= 0.6 is 22.7 Å². The minimum absolute atomic E-state index is 0.457. The zero-order chi connectivity index (χ0) is 12.5. The summed E-state index contributed by atoms with van der Waals surface area (Å²) in [5, 5.41) is 9.92. The van der Waals surface area contributed by atoms with E-state index in [4.69, 9.17) is 5.73 Å². The number of hydrogen-bond donors (Lipinski definition) is 1. The summed E-state index contributed by atoms with van der Waals surface area (Å²) in [7, 11) is 0. The van der Waals surface area contributed by atoms with Gasteiger partial charge in [-0.15, -0.1) is 21.5 Å². The van der Waals surface area contributed by atoms with Gasteiger partial charge in [-0.2, -0.15) is 0 Å². The molecule has 3 rings (SSSR count). The molecule has 0 fully saturated rings. The van der Waals surface area contributed by atoms with Gasteiger partial charge in [0.2, 0.25) is 5.13 Å². The highest BCUT2D eigenvalue weighted by Crippen LogP contribution is 2.35. The Kier molecular flexibility index (Phi) is 2.73. The van der Waals surface area contributed by atoms with Crippen LogP contribution in [0.4, 0.5) is 5.13 Å². The maximum absolute atomic E-state index is 5.59. The van der Waals surface area contributed by atoms with Crippen molar-refractivity contribution in [1.82, 2.24) is 25.1 Å². The summed E-state index contributed by atoms with van der Waals surface area (Å²) in [4.78, 5) is 13.7. The fraction of sp³-hybridized carbons (Fsp3) is 0.100. The molecule has 3 aromatic heterocycles. The molecule has 6 nitrogen and oxygen atoms in total. The van der Waals surface area contributed by atoms with Crippen molar-refractivity contribution in [2.75, 3.05) is 5.73 Å². The summed E-state index contributed by atoms with van der Waals surface area (Å²) in [6.07, 6.45) is 4.97. The molecule has 0 saturated carbocycles. The summed E-state index contributed by atoms with van der Waals surface area (Å²) in [5.74, 6) is 0. The second-order valence-electron chi connectivity index (χ2n) is 3.47. The molecule has 0 amide bonds. The lowest BCUT2D eigenvalue weighted by Crippen LogP contribution is -1.82. The minimum atomic E-state index is 0.457. The molecular formula is C10H8N6S2. The fourth-order valence-corrected chi connectivity index (χ4v) is 3.20. The average molecular weight is 276 g/mol. The number of aromatic nitrogens is 5. The van der Waals surface area contributed by atoms with E-state index in [1.165, 1.54) is 22.7 Å². The van der Waals surface area contributed by atoms with Gasteiger partial charge in [0, 0.05) is 12.4 Å². The van der Waals surface area contributed by atoms with Crippen LogP contribution in [0.15, 0.2) is 18.6 Å². The number of nitrogen functional groups attached to an aromatic ring is 1. The number of thiazole rings is 1. The number of anilines is 1. The second-order valence-corrected chi connectivity index (χ2v) is 5.48. The molecule has 3 heterocycles. The van der Waals surface area contributed by atoms with Crippen molar-refractivity contribution in [2.45, 2.75) is 6.92 Å². The van der Waals surface area contributed by atoms with Crippen molar-refractivity contribution in [3.8, 4) is 20.6 Å². The summed E-state index contributed by atoms with van der Waals surface area (Å²) >= 11 is 2.87. The van der Waals surface area contributed by atoms with Gasteiger partial charge in [0.25, 0.3) is 0 Å². The van der Waals surface area contributed by atoms with Crippen molar-refractivity contribution in [3.05, 3.63) is 24.3 Å². The Bertz CT molecular complexity index is 675. The van der Waals surface area contributed by atoms with Crippen LogP contribution in [0.3, 0.4) is 0 Å². The highest BCUT2D eigenvalue weighted by molar-refractivity contribution is 7.24. The Morgan fingerprint density at radius 3 is 2.67 bits per heavy atom. The number of nitrogens with zero attached hydrogens (tertiary/aromatic N) is 5. The quantitative estimate of drug-likeness (QED) is 0.770. The molecule has 0 spiro atoms. The molecule has 0 aromatic carbocycles. The van der Waals surface area contributed by atoms with Crippen LogP contribution in [-0.2, 0) is 0 Å². The maximum Gasteiger partial charge on any atom is 0.203 e. The first-order valence-corrected chi connectivity index (χ1v) is 6.70. The molecule has 0 unspecified atom stereocenters. The van der Waals surface area contributed by atoms with Crippen molar-refractivity contribution in [3.63, 3.8) is 0 Å². The van der Waals surface area contributed by atoms with E-state index >= 15 is 0 Å². The second kappa shape index (κ2) is 4.39. The Morgan fingerprint density at radius 1 is 1.11 bits per heavy atom. The smallest absolute Gasteiger partial charge is 0.203 e. The van der Waals surface area contributed by atoms with Gasteiger partial charge in [0.05, 0.1) is 16.8 Å². The molecule has 0 aliphatic carbocycles. The lowest BCUT2D eigenvalue weighted by atomic mass is 10.4. The number of nitrogens with two attached hydrogens (primary N) is 1. The zero-order valence-electron chi connectivity index (χ0n) is 9.36. The number of aryl methyl sites for hydroxylation is 1. The molecule has 0 bridgehead atoms. The Morgan fingerprint density at radius 2 is 2.00 bits per heavy atom. The third-order valence-electron chi connectivity index (χ3n) is 2.21. The third-order valence-corrected chi connectivity index (χ3v) is 4.30. The normalized spacial score (nSPS) is 10.7. The Hall–Kier alpha value is -1.93. The van der Waals surface area contributed by atoms with E-state index < -0.39 is 0 Å². The highest BCUT2D eigenvalue weighted by Gasteiger charge is 2.15. The molecule has 0 saturated heterocycles. The zero-order valence-corrected chi connectivity index (χ0v) is 11.0. The standard InChI is InChI=1S/C10H8N6S2/c1-5-7(9-15-16-10(11)18-9)17-8(14-5)6-4-12-2-3-13-6/h2-4H,1H3,(H2,11,16). The van der Waals surface area contributed by atoms with E-state index in [9.17, 15) is 0 Å². The van der Waals surface area contributed by atoms with Crippen LogP contribution in [0.1, 0.15) is 5.69 Å². The molecular weight excluding hydrogens is 268 g/mol. The van der Waals surface area contributed by atoms with Gasteiger partial charge in [0.15, 0.2) is 5.01 Å². The van der Waals surface area contributed by atoms with Crippen molar-refractivity contribution in [2.24, 2.45) is 0 Å². The maximum atomic E-state index is 5.59. The molecule has 0 atom stereocenters. The summed E-state index contributed by atoms with van der Waals surface area (Å²) in [5.41, 5.74) is 7.25. The van der Waals surface area contributed by atoms with Crippen molar-refractivity contribution in [1.29, 1.82) is 0 Å². The van der Waals surface area contributed by atoms with E-state index in [2.05, 4.69) is 25.1 Å². The number of rotatable bonds is 2. The Balaban J connectivity index is 2.06. The largest absolute Gasteiger partial charge is 0.374 e. The topological polar surface area (TPSA) is 90.5 Å². The van der Waals surface area contributed by atoms with Gasteiger partial charge >= 0.3 is 0 Å². The predicted octanol–water partition coefficient (Wildman–Crippen LogP) is 2.01. The van der Waals surface area contributed by atoms with Crippen LogP contribution in [-0.4, -0.2) is 25.1 Å². The van der Waals surface area contributed by atoms with E-state index in [1.807, 2.05) is 6.92 Å².